The molecule has 1 aliphatic heterocycles. The Morgan fingerprint density at radius 1 is 0.957 bits per heavy atom. The van der Waals surface area contributed by atoms with Gasteiger partial charge in [0.25, 0.3) is 0 Å². The van der Waals surface area contributed by atoms with Gasteiger partial charge in [0.2, 0.25) is 17.7 Å². The van der Waals surface area contributed by atoms with Gasteiger partial charge in [0.1, 0.15) is 18.7 Å². The SMILES string of the molecule is CC(C)CC(NC(=O)C(Cc1cccc2ccccc12)NC(=O)OCc1ccccc1)C(=O)N[C@@H](C[C@@H]1CCCNC1=O)C(O)C#N. The van der Waals surface area contributed by atoms with E-state index in [-0.39, 0.29) is 37.7 Å². The summed E-state index contributed by atoms with van der Waals surface area (Å²) in [6.45, 7) is 4.36. The predicted molar refractivity (Wildman–Crippen MR) is 176 cm³/mol. The van der Waals surface area contributed by atoms with E-state index in [1.807, 2.05) is 86.6 Å². The Morgan fingerprint density at radius 2 is 1.66 bits per heavy atom. The standard InChI is InChI=1S/C36H43N5O6/c1-23(2)18-30(34(44)39-29(32(42)21-37)20-27-15-9-17-38-33(27)43)40-35(45)31(41-36(46)47-22-24-10-4-3-5-11-24)19-26-14-8-13-25-12-6-7-16-28(25)26/h3-8,10-14,16,23,27,29-32,42H,9,15,17-20,22H2,1-2H3,(H,38,43)(H,39,44)(H,40,45)(H,41,46)/t27-,29-,30?,31?,32?/m0/s1. The summed E-state index contributed by atoms with van der Waals surface area (Å²) in [6, 6.07) is 21.2. The first-order valence-electron chi connectivity index (χ1n) is 16.0. The lowest BCUT2D eigenvalue weighted by Gasteiger charge is -2.30. The van der Waals surface area contributed by atoms with E-state index in [4.69, 9.17) is 4.74 Å². The summed E-state index contributed by atoms with van der Waals surface area (Å²) in [5.74, 6) is -1.87. The van der Waals surface area contributed by atoms with Crippen LogP contribution in [0, 0.1) is 23.2 Å². The number of piperidine rings is 1. The zero-order valence-electron chi connectivity index (χ0n) is 26.8. The molecule has 1 aliphatic rings. The highest BCUT2D eigenvalue weighted by Crippen LogP contribution is 2.21. The lowest BCUT2D eigenvalue weighted by atomic mass is 9.89. The van der Waals surface area contributed by atoms with Crippen LogP contribution < -0.4 is 21.3 Å². The van der Waals surface area contributed by atoms with E-state index < -0.39 is 48.1 Å². The number of aliphatic hydroxyl groups excluding tert-OH is 1. The summed E-state index contributed by atoms with van der Waals surface area (Å²) < 4.78 is 5.42. The molecule has 0 radical (unpaired) electrons. The fourth-order valence-electron chi connectivity index (χ4n) is 5.79. The maximum absolute atomic E-state index is 13.9. The van der Waals surface area contributed by atoms with E-state index >= 15 is 0 Å². The summed E-state index contributed by atoms with van der Waals surface area (Å²) in [4.78, 5) is 52.9. The number of nitriles is 1. The van der Waals surface area contributed by atoms with Crippen molar-refractivity contribution in [3.63, 3.8) is 0 Å². The lowest BCUT2D eigenvalue weighted by molar-refractivity contribution is -0.131. The quantitative estimate of drug-likeness (QED) is 0.168. The van der Waals surface area contributed by atoms with Gasteiger partial charge >= 0.3 is 6.09 Å². The Hall–Kier alpha value is -4.95. The Morgan fingerprint density at radius 3 is 2.38 bits per heavy atom. The molecule has 47 heavy (non-hydrogen) atoms. The average molecular weight is 642 g/mol. The highest BCUT2D eigenvalue weighted by atomic mass is 16.5. The number of ether oxygens (including phenoxy) is 1. The number of nitrogens with zero attached hydrogens (tertiary/aromatic N) is 1. The van der Waals surface area contributed by atoms with Crippen molar-refractivity contribution in [3.05, 3.63) is 83.9 Å². The van der Waals surface area contributed by atoms with Gasteiger partial charge in [0.05, 0.1) is 12.1 Å². The van der Waals surface area contributed by atoms with Crippen molar-refractivity contribution in [1.29, 1.82) is 5.26 Å². The second-order valence-corrected chi connectivity index (χ2v) is 12.3. The van der Waals surface area contributed by atoms with Crippen molar-refractivity contribution in [2.24, 2.45) is 11.8 Å². The number of alkyl carbamates (subject to hydrolysis) is 1. The minimum Gasteiger partial charge on any atom is -0.445 e. The number of hydrogen-bond donors (Lipinski definition) is 5. The van der Waals surface area contributed by atoms with E-state index in [9.17, 15) is 29.5 Å². The molecule has 1 saturated heterocycles. The molecule has 0 saturated carbocycles. The topological polar surface area (TPSA) is 170 Å². The molecule has 1 heterocycles. The number of carbonyl (C=O) groups is 4. The molecule has 0 bridgehead atoms. The first-order valence-corrected chi connectivity index (χ1v) is 16.0. The van der Waals surface area contributed by atoms with Crippen LogP contribution in [0.1, 0.15) is 50.7 Å². The number of amides is 4. The molecule has 4 amide bonds. The highest BCUT2D eigenvalue weighted by Gasteiger charge is 2.33. The minimum atomic E-state index is -1.55. The van der Waals surface area contributed by atoms with Gasteiger partial charge in [-0.2, -0.15) is 5.26 Å². The minimum absolute atomic E-state index is 0.00921. The van der Waals surface area contributed by atoms with Crippen LogP contribution in [0.3, 0.4) is 0 Å². The molecular weight excluding hydrogens is 598 g/mol. The van der Waals surface area contributed by atoms with Crippen LogP contribution >= 0.6 is 0 Å². The number of carbonyl (C=O) groups excluding carboxylic acids is 4. The van der Waals surface area contributed by atoms with E-state index in [1.54, 1.807) is 6.07 Å². The molecular formula is C36H43N5O6. The predicted octanol–water partition coefficient (Wildman–Crippen LogP) is 3.49. The second kappa shape index (κ2) is 17.1. The first-order chi connectivity index (χ1) is 22.6. The first kappa shape index (κ1) is 34.9. The number of rotatable bonds is 14. The van der Waals surface area contributed by atoms with Gasteiger partial charge in [-0.3, -0.25) is 14.4 Å². The molecule has 248 valence electrons. The number of aliphatic hydroxyl groups is 1. The van der Waals surface area contributed by atoms with Crippen LogP contribution in [0.2, 0.25) is 0 Å². The van der Waals surface area contributed by atoms with E-state index in [0.29, 0.717) is 13.0 Å². The molecule has 11 nitrogen and oxygen atoms in total. The molecule has 3 unspecified atom stereocenters. The molecule has 3 aromatic rings. The normalized spacial score (nSPS) is 17.0. The van der Waals surface area contributed by atoms with Gasteiger partial charge in [-0.05, 0) is 53.5 Å². The molecule has 1 fully saturated rings. The Bertz CT molecular complexity index is 1570. The lowest BCUT2D eigenvalue weighted by Crippen LogP contribution is -2.57. The number of fused-ring (bicyclic) bond motifs is 1. The van der Waals surface area contributed by atoms with Gasteiger partial charge in [0, 0.05) is 18.9 Å². The third-order valence-corrected chi connectivity index (χ3v) is 8.24. The third-order valence-electron chi connectivity index (χ3n) is 8.24. The van der Waals surface area contributed by atoms with Crippen LogP contribution in [0.25, 0.3) is 10.8 Å². The molecule has 4 rings (SSSR count). The zero-order valence-corrected chi connectivity index (χ0v) is 26.8. The molecule has 5 atom stereocenters. The van der Waals surface area contributed by atoms with Crippen LogP contribution in [0.5, 0.6) is 0 Å². The summed E-state index contributed by atoms with van der Waals surface area (Å²) >= 11 is 0. The molecule has 0 aliphatic carbocycles. The number of nitrogens with one attached hydrogen (secondary N) is 4. The summed E-state index contributed by atoms with van der Waals surface area (Å²) in [5, 5.41) is 32.8. The van der Waals surface area contributed by atoms with E-state index in [1.165, 1.54) is 0 Å². The van der Waals surface area contributed by atoms with Crippen molar-refractivity contribution in [2.45, 2.75) is 76.8 Å². The van der Waals surface area contributed by atoms with Gasteiger partial charge in [-0.25, -0.2) is 4.79 Å². The molecule has 0 spiro atoms. The van der Waals surface area contributed by atoms with Gasteiger partial charge < -0.3 is 31.1 Å². The average Bonchev–Trinajstić information content (AvgIpc) is 3.07. The van der Waals surface area contributed by atoms with E-state index in [2.05, 4.69) is 21.3 Å². The van der Waals surface area contributed by atoms with Crippen molar-refractivity contribution in [2.75, 3.05) is 6.54 Å². The fraction of sp³-hybridized carbons (Fsp3) is 0.417. The van der Waals surface area contributed by atoms with Crippen molar-refractivity contribution in [1.82, 2.24) is 21.3 Å². The zero-order chi connectivity index (χ0) is 33.8. The Balaban J connectivity index is 1.53. The summed E-state index contributed by atoms with van der Waals surface area (Å²) in [7, 11) is 0. The molecule has 5 N–H and O–H groups in total. The van der Waals surface area contributed by atoms with Crippen molar-refractivity contribution in [3.8, 4) is 6.07 Å². The Labute approximate surface area is 275 Å². The molecule has 3 aromatic carbocycles. The highest BCUT2D eigenvalue weighted by molar-refractivity contribution is 5.93. The van der Waals surface area contributed by atoms with Crippen molar-refractivity contribution < 1.29 is 29.0 Å². The monoisotopic (exact) mass is 641 g/mol. The smallest absolute Gasteiger partial charge is 0.408 e. The van der Waals surface area contributed by atoms with Crippen LogP contribution in [0.4, 0.5) is 4.79 Å². The van der Waals surface area contributed by atoms with Gasteiger partial charge in [0.15, 0.2) is 6.10 Å². The largest absolute Gasteiger partial charge is 0.445 e. The van der Waals surface area contributed by atoms with E-state index in [0.717, 1.165) is 28.3 Å². The van der Waals surface area contributed by atoms with Gasteiger partial charge in [-0.15, -0.1) is 0 Å². The van der Waals surface area contributed by atoms with Gasteiger partial charge in [-0.1, -0.05) is 86.6 Å². The number of hydrogen-bond acceptors (Lipinski definition) is 7. The van der Waals surface area contributed by atoms with Crippen LogP contribution in [0.15, 0.2) is 72.8 Å². The van der Waals surface area contributed by atoms with Crippen LogP contribution in [-0.2, 0) is 32.1 Å². The van der Waals surface area contributed by atoms with Crippen molar-refractivity contribution >= 4 is 34.6 Å². The maximum atomic E-state index is 13.9. The third kappa shape index (κ3) is 10.3. The molecule has 0 aromatic heterocycles. The number of benzene rings is 3. The summed E-state index contributed by atoms with van der Waals surface area (Å²) in [5.41, 5.74) is 1.60. The maximum Gasteiger partial charge on any atom is 0.408 e. The summed E-state index contributed by atoms with van der Waals surface area (Å²) in [6.07, 6.45) is -0.569. The van der Waals surface area contributed by atoms with Crippen LogP contribution in [-0.4, -0.2) is 59.7 Å². The second-order valence-electron chi connectivity index (χ2n) is 12.3. The molecule has 11 heteroatoms. The Kier molecular flexibility index (Phi) is 12.7. The fourth-order valence-corrected chi connectivity index (χ4v) is 5.79.